The molecule has 2 aromatic heterocycles. The zero-order valence-corrected chi connectivity index (χ0v) is 12.5. The molecule has 0 aliphatic rings. The number of pyridine rings is 1. The summed E-state index contributed by atoms with van der Waals surface area (Å²) >= 11 is 3.54. The number of halogens is 1. The Hall–Kier alpha value is -1.36. The summed E-state index contributed by atoms with van der Waals surface area (Å²) in [7, 11) is 0. The fraction of sp³-hybridized carbons (Fsp3) is 0.385. The van der Waals surface area contributed by atoms with Gasteiger partial charge >= 0.3 is 0 Å². The van der Waals surface area contributed by atoms with Crippen molar-refractivity contribution < 1.29 is 0 Å². The molecular weight excluding hydrogens is 292 g/mol. The molecule has 2 aromatic rings. The summed E-state index contributed by atoms with van der Waals surface area (Å²) in [5, 5.41) is 7.72. The molecule has 0 spiro atoms. The Morgan fingerprint density at radius 1 is 1.39 bits per heavy atom. The SMILES string of the molecule is CCNc1cc(Cn2nc(C)c(Br)c2C)ccn1. The minimum Gasteiger partial charge on any atom is -0.370 e. The summed E-state index contributed by atoms with van der Waals surface area (Å²) < 4.78 is 3.09. The van der Waals surface area contributed by atoms with E-state index in [9.17, 15) is 0 Å². The van der Waals surface area contributed by atoms with Gasteiger partial charge in [-0.3, -0.25) is 4.68 Å². The van der Waals surface area contributed by atoms with Gasteiger partial charge in [-0.2, -0.15) is 5.10 Å². The van der Waals surface area contributed by atoms with E-state index in [0.29, 0.717) is 0 Å². The van der Waals surface area contributed by atoms with Gasteiger partial charge in [0.05, 0.1) is 22.4 Å². The molecule has 96 valence electrons. The molecule has 0 amide bonds. The lowest BCUT2D eigenvalue weighted by molar-refractivity contribution is 0.658. The van der Waals surface area contributed by atoms with Crippen molar-refractivity contribution >= 4 is 21.7 Å². The van der Waals surface area contributed by atoms with E-state index in [1.54, 1.807) is 0 Å². The van der Waals surface area contributed by atoms with Gasteiger partial charge in [0.25, 0.3) is 0 Å². The van der Waals surface area contributed by atoms with E-state index < -0.39 is 0 Å². The molecule has 0 saturated heterocycles. The fourth-order valence-corrected chi connectivity index (χ4v) is 2.14. The standard InChI is InChI=1S/C13H17BrN4/c1-4-15-12-7-11(5-6-16-12)8-18-10(3)13(14)9(2)17-18/h5-7H,4,8H2,1-3H3,(H,15,16). The van der Waals surface area contributed by atoms with Crippen LogP contribution in [0.15, 0.2) is 22.8 Å². The highest BCUT2D eigenvalue weighted by Crippen LogP contribution is 2.20. The van der Waals surface area contributed by atoms with E-state index in [1.807, 2.05) is 23.9 Å². The zero-order valence-electron chi connectivity index (χ0n) is 10.9. The predicted molar refractivity (Wildman–Crippen MR) is 76.9 cm³/mol. The molecule has 18 heavy (non-hydrogen) atoms. The highest BCUT2D eigenvalue weighted by molar-refractivity contribution is 9.10. The maximum Gasteiger partial charge on any atom is 0.126 e. The Balaban J connectivity index is 2.23. The Labute approximate surface area is 116 Å². The third-order valence-electron chi connectivity index (χ3n) is 2.81. The van der Waals surface area contributed by atoms with Crippen molar-refractivity contribution in [3.63, 3.8) is 0 Å². The average molecular weight is 309 g/mol. The number of hydrogen-bond donors (Lipinski definition) is 1. The van der Waals surface area contributed by atoms with Crippen molar-refractivity contribution in [1.82, 2.24) is 14.8 Å². The molecule has 0 saturated carbocycles. The largest absolute Gasteiger partial charge is 0.370 e. The van der Waals surface area contributed by atoms with Crippen LogP contribution in [-0.4, -0.2) is 21.3 Å². The van der Waals surface area contributed by atoms with Gasteiger partial charge in [-0.15, -0.1) is 0 Å². The number of nitrogens with one attached hydrogen (secondary N) is 1. The molecule has 0 aromatic carbocycles. The number of nitrogens with zero attached hydrogens (tertiary/aromatic N) is 3. The second-order valence-electron chi connectivity index (χ2n) is 4.22. The summed E-state index contributed by atoms with van der Waals surface area (Å²) in [6.45, 7) is 7.77. The van der Waals surface area contributed by atoms with Gasteiger partial charge in [0.1, 0.15) is 5.82 Å². The molecule has 1 N–H and O–H groups in total. The molecule has 2 heterocycles. The van der Waals surface area contributed by atoms with Gasteiger partial charge in [0.15, 0.2) is 0 Å². The molecule has 0 fully saturated rings. The Kier molecular flexibility index (Phi) is 4.01. The normalized spacial score (nSPS) is 10.7. The first-order valence-corrected chi connectivity index (χ1v) is 6.79. The van der Waals surface area contributed by atoms with Crippen LogP contribution in [0.5, 0.6) is 0 Å². The predicted octanol–water partition coefficient (Wildman–Crippen LogP) is 3.14. The smallest absolute Gasteiger partial charge is 0.126 e. The Morgan fingerprint density at radius 2 is 2.17 bits per heavy atom. The van der Waals surface area contributed by atoms with Crippen LogP contribution in [-0.2, 0) is 6.54 Å². The van der Waals surface area contributed by atoms with Gasteiger partial charge in [0.2, 0.25) is 0 Å². The van der Waals surface area contributed by atoms with E-state index in [0.717, 1.165) is 34.8 Å². The van der Waals surface area contributed by atoms with Crippen LogP contribution in [0.1, 0.15) is 23.9 Å². The van der Waals surface area contributed by atoms with Gasteiger partial charge in [-0.25, -0.2) is 4.98 Å². The van der Waals surface area contributed by atoms with Gasteiger partial charge in [0, 0.05) is 12.7 Å². The third-order valence-corrected chi connectivity index (χ3v) is 3.96. The fourth-order valence-electron chi connectivity index (χ4n) is 1.85. The second kappa shape index (κ2) is 5.52. The van der Waals surface area contributed by atoms with Crippen LogP contribution in [0.2, 0.25) is 0 Å². The number of aromatic nitrogens is 3. The summed E-state index contributed by atoms with van der Waals surface area (Å²) in [5.41, 5.74) is 3.36. The van der Waals surface area contributed by atoms with Crippen LogP contribution in [0.4, 0.5) is 5.82 Å². The first kappa shape index (κ1) is 13.1. The lowest BCUT2D eigenvalue weighted by Gasteiger charge is -2.07. The highest BCUT2D eigenvalue weighted by atomic mass is 79.9. The lowest BCUT2D eigenvalue weighted by Crippen LogP contribution is -2.05. The van der Waals surface area contributed by atoms with E-state index in [2.05, 4.69) is 51.2 Å². The van der Waals surface area contributed by atoms with Crippen LogP contribution in [0.3, 0.4) is 0 Å². The first-order valence-electron chi connectivity index (χ1n) is 6.00. The average Bonchev–Trinajstić information content (AvgIpc) is 2.58. The topological polar surface area (TPSA) is 42.7 Å². The maximum atomic E-state index is 4.51. The quantitative estimate of drug-likeness (QED) is 0.943. The van der Waals surface area contributed by atoms with Gasteiger partial charge in [-0.05, 0) is 54.4 Å². The first-order chi connectivity index (χ1) is 8.61. The molecule has 0 bridgehead atoms. The summed E-state index contributed by atoms with van der Waals surface area (Å²) in [6, 6.07) is 4.08. The van der Waals surface area contributed by atoms with Crippen molar-refractivity contribution in [2.75, 3.05) is 11.9 Å². The van der Waals surface area contributed by atoms with Crippen LogP contribution >= 0.6 is 15.9 Å². The molecule has 5 heteroatoms. The zero-order chi connectivity index (χ0) is 13.1. The lowest BCUT2D eigenvalue weighted by atomic mass is 10.2. The summed E-state index contributed by atoms with van der Waals surface area (Å²) in [4.78, 5) is 4.27. The number of rotatable bonds is 4. The molecule has 0 atom stereocenters. The van der Waals surface area contributed by atoms with Crippen molar-refractivity contribution in [3.8, 4) is 0 Å². The molecule has 2 rings (SSSR count). The van der Waals surface area contributed by atoms with Crippen molar-refractivity contribution in [3.05, 3.63) is 39.8 Å². The van der Waals surface area contributed by atoms with Crippen molar-refractivity contribution in [2.45, 2.75) is 27.3 Å². The van der Waals surface area contributed by atoms with E-state index in [4.69, 9.17) is 0 Å². The number of aryl methyl sites for hydroxylation is 1. The Bertz CT molecular complexity index is 548. The van der Waals surface area contributed by atoms with Crippen molar-refractivity contribution in [2.24, 2.45) is 0 Å². The second-order valence-corrected chi connectivity index (χ2v) is 5.02. The third kappa shape index (κ3) is 2.72. The van der Waals surface area contributed by atoms with Crippen LogP contribution < -0.4 is 5.32 Å². The van der Waals surface area contributed by atoms with Gasteiger partial charge in [-0.1, -0.05) is 0 Å². The Morgan fingerprint density at radius 3 is 2.78 bits per heavy atom. The minimum atomic E-state index is 0.763. The van der Waals surface area contributed by atoms with E-state index in [1.165, 1.54) is 5.56 Å². The molecule has 0 aliphatic heterocycles. The van der Waals surface area contributed by atoms with Crippen molar-refractivity contribution in [1.29, 1.82) is 0 Å². The number of hydrogen-bond acceptors (Lipinski definition) is 3. The molecule has 0 radical (unpaired) electrons. The van der Waals surface area contributed by atoms with Crippen LogP contribution in [0.25, 0.3) is 0 Å². The molecule has 4 nitrogen and oxygen atoms in total. The van der Waals surface area contributed by atoms with Gasteiger partial charge < -0.3 is 5.32 Å². The van der Waals surface area contributed by atoms with E-state index in [-0.39, 0.29) is 0 Å². The minimum absolute atomic E-state index is 0.763. The van der Waals surface area contributed by atoms with Crippen LogP contribution in [0, 0.1) is 13.8 Å². The number of anilines is 1. The maximum absolute atomic E-state index is 4.51. The van der Waals surface area contributed by atoms with E-state index >= 15 is 0 Å². The summed E-state index contributed by atoms with van der Waals surface area (Å²) in [6.07, 6.45) is 1.83. The highest BCUT2D eigenvalue weighted by Gasteiger charge is 2.09. The molecule has 0 aliphatic carbocycles. The molecular formula is C13H17BrN4. The summed E-state index contributed by atoms with van der Waals surface area (Å²) in [5.74, 6) is 0.913. The molecule has 0 unspecified atom stereocenters. The monoisotopic (exact) mass is 308 g/mol.